The van der Waals surface area contributed by atoms with Crippen LogP contribution in [-0.2, 0) is 17.9 Å². The van der Waals surface area contributed by atoms with Crippen LogP contribution < -0.4 is 10.1 Å². The number of morpholine rings is 1. The van der Waals surface area contributed by atoms with Crippen LogP contribution in [-0.4, -0.2) is 47.7 Å². The topological polar surface area (TPSA) is 59.5 Å². The summed E-state index contributed by atoms with van der Waals surface area (Å²) in [5, 5.41) is 4.83. The first kappa shape index (κ1) is 24.4. The fourth-order valence-electron chi connectivity index (χ4n) is 4.76. The van der Waals surface area contributed by atoms with E-state index in [0.29, 0.717) is 19.0 Å². The maximum atomic E-state index is 6.31. The maximum Gasteiger partial charge on any atom is 0.218 e. The molecule has 1 unspecified atom stereocenters. The molecular weight excluding hydrogens is 448 g/mol. The molecule has 0 amide bonds. The van der Waals surface area contributed by atoms with Crippen molar-refractivity contribution in [3.8, 4) is 5.88 Å². The SMILES string of the molecule is Cc1ccc2nc(OCc3ccccc3C)c(CNCC(c3cccnc3)N3CCOCC3)cc2c1. The van der Waals surface area contributed by atoms with Crippen LogP contribution in [0.4, 0.5) is 0 Å². The highest BCUT2D eigenvalue weighted by atomic mass is 16.5. The van der Waals surface area contributed by atoms with Crippen LogP contribution in [0.15, 0.2) is 73.1 Å². The van der Waals surface area contributed by atoms with Crippen molar-refractivity contribution < 1.29 is 9.47 Å². The Morgan fingerprint density at radius 3 is 2.67 bits per heavy atom. The quantitative estimate of drug-likeness (QED) is 0.363. The molecule has 4 aromatic rings. The average Bonchev–Trinajstić information content (AvgIpc) is 2.91. The lowest BCUT2D eigenvalue weighted by atomic mass is 10.1. The van der Waals surface area contributed by atoms with E-state index in [1.54, 1.807) is 0 Å². The molecule has 1 saturated heterocycles. The van der Waals surface area contributed by atoms with Gasteiger partial charge in [0.15, 0.2) is 0 Å². The minimum atomic E-state index is 0.231. The van der Waals surface area contributed by atoms with Gasteiger partial charge in [0.25, 0.3) is 0 Å². The minimum Gasteiger partial charge on any atom is -0.473 e. The molecule has 1 N–H and O–H groups in total. The first-order valence-electron chi connectivity index (χ1n) is 12.7. The highest BCUT2D eigenvalue weighted by Crippen LogP contribution is 2.26. The molecule has 186 valence electrons. The first-order chi connectivity index (χ1) is 17.7. The van der Waals surface area contributed by atoms with Crippen molar-refractivity contribution in [1.29, 1.82) is 0 Å². The number of aromatic nitrogens is 2. The number of nitrogens with zero attached hydrogens (tertiary/aromatic N) is 3. The normalized spacial score (nSPS) is 15.2. The molecule has 6 heteroatoms. The average molecular weight is 483 g/mol. The van der Waals surface area contributed by atoms with Gasteiger partial charge < -0.3 is 14.8 Å². The third-order valence-corrected chi connectivity index (χ3v) is 6.84. The summed E-state index contributed by atoms with van der Waals surface area (Å²) in [6, 6.07) is 21.3. The lowest BCUT2D eigenvalue weighted by Crippen LogP contribution is -2.42. The lowest BCUT2D eigenvalue weighted by Gasteiger charge is -2.34. The molecule has 1 fully saturated rings. The molecule has 0 radical (unpaired) electrons. The van der Waals surface area contributed by atoms with Crippen LogP contribution in [0.1, 0.15) is 33.9 Å². The predicted molar refractivity (Wildman–Crippen MR) is 143 cm³/mol. The molecule has 0 bridgehead atoms. The van der Waals surface area contributed by atoms with E-state index in [1.165, 1.54) is 22.3 Å². The molecule has 1 aliphatic rings. The number of benzene rings is 2. The smallest absolute Gasteiger partial charge is 0.218 e. The van der Waals surface area contributed by atoms with Crippen LogP contribution in [0.3, 0.4) is 0 Å². The molecule has 6 nitrogen and oxygen atoms in total. The van der Waals surface area contributed by atoms with Gasteiger partial charge in [0.05, 0.1) is 18.7 Å². The molecule has 36 heavy (non-hydrogen) atoms. The van der Waals surface area contributed by atoms with Crippen molar-refractivity contribution in [3.05, 3.63) is 101 Å². The lowest BCUT2D eigenvalue weighted by molar-refractivity contribution is 0.0160. The van der Waals surface area contributed by atoms with Crippen LogP contribution >= 0.6 is 0 Å². The summed E-state index contributed by atoms with van der Waals surface area (Å²) in [6.07, 6.45) is 3.80. The Kier molecular flexibility index (Phi) is 7.86. The zero-order valence-electron chi connectivity index (χ0n) is 21.1. The number of ether oxygens (including phenoxy) is 2. The number of pyridine rings is 2. The number of fused-ring (bicyclic) bond motifs is 1. The van der Waals surface area contributed by atoms with Gasteiger partial charge in [-0.15, -0.1) is 0 Å². The summed E-state index contributed by atoms with van der Waals surface area (Å²) in [5.74, 6) is 0.686. The second kappa shape index (κ2) is 11.6. The second-order valence-corrected chi connectivity index (χ2v) is 9.45. The zero-order valence-corrected chi connectivity index (χ0v) is 21.1. The molecule has 1 aliphatic heterocycles. The molecule has 3 heterocycles. The minimum absolute atomic E-state index is 0.231. The fraction of sp³-hybridized carbons (Fsp3) is 0.333. The Bertz CT molecular complexity index is 1290. The maximum absolute atomic E-state index is 6.31. The van der Waals surface area contributed by atoms with Crippen LogP contribution in [0.2, 0.25) is 0 Å². The van der Waals surface area contributed by atoms with Crippen molar-refractivity contribution >= 4 is 10.9 Å². The van der Waals surface area contributed by atoms with E-state index in [9.17, 15) is 0 Å². The van der Waals surface area contributed by atoms with Crippen molar-refractivity contribution in [3.63, 3.8) is 0 Å². The highest BCUT2D eigenvalue weighted by molar-refractivity contribution is 5.80. The second-order valence-electron chi connectivity index (χ2n) is 9.45. The van der Waals surface area contributed by atoms with Crippen LogP contribution in [0, 0.1) is 13.8 Å². The van der Waals surface area contributed by atoms with Gasteiger partial charge >= 0.3 is 0 Å². The third kappa shape index (κ3) is 5.90. The largest absolute Gasteiger partial charge is 0.473 e. The van der Waals surface area contributed by atoms with Crippen molar-refractivity contribution in [2.75, 3.05) is 32.8 Å². The number of hydrogen-bond donors (Lipinski definition) is 1. The van der Waals surface area contributed by atoms with Gasteiger partial charge in [-0.25, -0.2) is 4.98 Å². The summed E-state index contributed by atoms with van der Waals surface area (Å²) in [4.78, 5) is 11.8. The van der Waals surface area contributed by atoms with Crippen LogP contribution in [0.25, 0.3) is 10.9 Å². The molecule has 2 aromatic carbocycles. The number of nitrogens with one attached hydrogen (secondary N) is 1. The van der Waals surface area contributed by atoms with Crippen LogP contribution in [0.5, 0.6) is 5.88 Å². The van der Waals surface area contributed by atoms with E-state index >= 15 is 0 Å². The Labute approximate surface area is 213 Å². The van der Waals surface area contributed by atoms with E-state index < -0.39 is 0 Å². The van der Waals surface area contributed by atoms with Gasteiger partial charge in [-0.3, -0.25) is 9.88 Å². The van der Waals surface area contributed by atoms with Gasteiger partial charge in [0, 0.05) is 55.6 Å². The van der Waals surface area contributed by atoms with Gasteiger partial charge in [0.2, 0.25) is 5.88 Å². The summed E-state index contributed by atoms with van der Waals surface area (Å²) < 4.78 is 11.9. The third-order valence-electron chi connectivity index (χ3n) is 6.84. The molecular formula is C30H34N4O2. The Hall–Kier alpha value is -3.32. The van der Waals surface area contributed by atoms with E-state index in [-0.39, 0.29) is 6.04 Å². The molecule has 0 saturated carbocycles. The van der Waals surface area contributed by atoms with Gasteiger partial charge in [-0.2, -0.15) is 0 Å². The summed E-state index contributed by atoms with van der Waals surface area (Å²) in [5.41, 5.74) is 6.85. The Morgan fingerprint density at radius 1 is 1.00 bits per heavy atom. The number of aryl methyl sites for hydroxylation is 2. The monoisotopic (exact) mass is 482 g/mol. The summed E-state index contributed by atoms with van der Waals surface area (Å²) in [7, 11) is 0. The summed E-state index contributed by atoms with van der Waals surface area (Å²) in [6.45, 7) is 9.56. The molecule has 0 aliphatic carbocycles. The Balaban J connectivity index is 1.36. The van der Waals surface area contributed by atoms with E-state index in [4.69, 9.17) is 14.5 Å². The van der Waals surface area contributed by atoms with Crippen molar-refractivity contribution in [2.24, 2.45) is 0 Å². The number of rotatable bonds is 9. The van der Waals surface area contributed by atoms with Gasteiger partial charge in [-0.1, -0.05) is 42.0 Å². The molecule has 5 rings (SSSR count). The molecule has 0 spiro atoms. The number of hydrogen-bond acceptors (Lipinski definition) is 6. The summed E-state index contributed by atoms with van der Waals surface area (Å²) >= 11 is 0. The molecule has 1 atom stereocenters. The van der Waals surface area contributed by atoms with E-state index in [2.05, 4.69) is 83.6 Å². The first-order valence-corrected chi connectivity index (χ1v) is 12.7. The molecule has 2 aromatic heterocycles. The zero-order chi connectivity index (χ0) is 24.7. The standard InChI is InChI=1S/C30H34N4O2/c1-22-9-10-28-26(16-22)17-27(30(33-28)36-21-25-7-4-3-6-23(25)2)19-32-20-29(24-8-5-11-31-18-24)34-12-14-35-15-13-34/h3-11,16-18,29,32H,12-15,19-21H2,1-2H3. The van der Waals surface area contributed by atoms with E-state index in [1.807, 2.05) is 18.5 Å². The fourth-order valence-corrected chi connectivity index (χ4v) is 4.76. The Morgan fingerprint density at radius 2 is 1.86 bits per heavy atom. The highest BCUT2D eigenvalue weighted by Gasteiger charge is 2.23. The van der Waals surface area contributed by atoms with Gasteiger partial charge in [-0.05, 0) is 54.8 Å². The van der Waals surface area contributed by atoms with Crippen molar-refractivity contribution in [1.82, 2.24) is 20.2 Å². The van der Waals surface area contributed by atoms with Gasteiger partial charge in [0.1, 0.15) is 6.61 Å². The predicted octanol–water partition coefficient (Wildman–Crippen LogP) is 4.99. The van der Waals surface area contributed by atoms with Crippen molar-refractivity contribution in [2.45, 2.75) is 33.0 Å². The van der Waals surface area contributed by atoms with E-state index in [0.717, 1.165) is 49.3 Å².